The molecule has 0 aromatic heterocycles. The van der Waals surface area contributed by atoms with Crippen LogP contribution in [0.1, 0.15) is 11.1 Å². The number of nitro benzene ring substituents is 1. The van der Waals surface area contributed by atoms with Crippen LogP contribution in [-0.4, -0.2) is 49.5 Å². The fourth-order valence-corrected chi connectivity index (χ4v) is 1.94. The molecule has 0 fully saturated rings. The minimum atomic E-state index is -0.748. The molecule has 7 heteroatoms. The quantitative estimate of drug-likeness (QED) is 0.404. The van der Waals surface area contributed by atoms with Crippen molar-refractivity contribution in [1.29, 1.82) is 0 Å². The van der Waals surface area contributed by atoms with Crippen molar-refractivity contribution in [3.63, 3.8) is 0 Å². The first-order chi connectivity index (χ1) is 9.95. The molecule has 1 aromatic carbocycles. The summed E-state index contributed by atoms with van der Waals surface area (Å²) in [6.07, 6.45) is -0.748. The summed E-state index contributed by atoms with van der Waals surface area (Å²) in [7, 11) is 1.60. The topological polar surface area (TPSA) is 93.9 Å². The highest BCUT2D eigenvalue weighted by atomic mass is 16.6. The van der Waals surface area contributed by atoms with Crippen molar-refractivity contribution in [2.24, 2.45) is 0 Å². The van der Waals surface area contributed by atoms with Gasteiger partial charge < -0.3 is 19.9 Å². The summed E-state index contributed by atoms with van der Waals surface area (Å²) in [6.45, 7) is 5.04. The van der Waals surface area contributed by atoms with Crippen molar-refractivity contribution < 1.29 is 19.5 Å². The van der Waals surface area contributed by atoms with Gasteiger partial charge >= 0.3 is 5.69 Å². The normalized spacial score (nSPS) is 12.2. The molecule has 0 aliphatic carbocycles. The third kappa shape index (κ3) is 5.66. The molecule has 118 valence electrons. The number of benzene rings is 1. The van der Waals surface area contributed by atoms with Crippen LogP contribution in [0.25, 0.3) is 0 Å². The molecule has 0 saturated heterocycles. The molecule has 21 heavy (non-hydrogen) atoms. The summed E-state index contributed by atoms with van der Waals surface area (Å²) in [5.74, 6) is 0.210. The summed E-state index contributed by atoms with van der Waals surface area (Å²) in [6, 6.07) is 3.27. The highest BCUT2D eigenvalue weighted by Gasteiger charge is 2.19. The molecule has 1 rings (SSSR count). The molecule has 7 nitrogen and oxygen atoms in total. The van der Waals surface area contributed by atoms with Gasteiger partial charge in [-0.25, -0.2) is 0 Å². The zero-order valence-electron chi connectivity index (χ0n) is 12.6. The summed E-state index contributed by atoms with van der Waals surface area (Å²) in [5, 5.41) is 23.8. The van der Waals surface area contributed by atoms with E-state index >= 15 is 0 Å². The molecular formula is C14H22N2O5. The van der Waals surface area contributed by atoms with Crippen LogP contribution in [-0.2, 0) is 4.74 Å². The summed E-state index contributed by atoms with van der Waals surface area (Å²) in [4.78, 5) is 10.6. The van der Waals surface area contributed by atoms with E-state index in [0.717, 1.165) is 5.56 Å². The van der Waals surface area contributed by atoms with E-state index in [1.54, 1.807) is 21.0 Å². The number of rotatable bonds is 9. The van der Waals surface area contributed by atoms with Gasteiger partial charge in [-0.3, -0.25) is 10.1 Å². The Kier molecular flexibility index (Phi) is 7.07. The Hall–Kier alpha value is -1.70. The second-order valence-electron chi connectivity index (χ2n) is 4.85. The Bertz CT molecular complexity index is 479. The van der Waals surface area contributed by atoms with Crippen LogP contribution >= 0.6 is 0 Å². The van der Waals surface area contributed by atoms with E-state index in [1.807, 2.05) is 6.07 Å². The van der Waals surface area contributed by atoms with Gasteiger partial charge in [0.2, 0.25) is 0 Å². The molecule has 1 unspecified atom stereocenters. The molecule has 0 aliphatic heterocycles. The van der Waals surface area contributed by atoms with E-state index in [-0.39, 0.29) is 18.0 Å². The fraction of sp³-hybridized carbons (Fsp3) is 0.571. The lowest BCUT2D eigenvalue weighted by molar-refractivity contribution is -0.386. The molecule has 0 spiro atoms. The smallest absolute Gasteiger partial charge is 0.311 e. The molecule has 0 amide bonds. The molecule has 0 saturated carbocycles. The lowest BCUT2D eigenvalue weighted by Crippen LogP contribution is -2.33. The van der Waals surface area contributed by atoms with Gasteiger partial charge in [0.1, 0.15) is 12.7 Å². The lowest BCUT2D eigenvalue weighted by atomic mass is 10.1. The number of hydrogen-bond acceptors (Lipinski definition) is 6. The van der Waals surface area contributed by atoms with Crippen LogP contribution in [0, 0.1) is 24.0 Å². The standard InChI is InChI=1S/C14H22N2O5/c1-10-6-11(2)14(13(7-10)16(18)19)21-9-12(17)8-15-4-5-20-3/h6-7,12,15,17H,4-5,8-9H2,1-3H3. The van der Waals surface area contributed by atoms with Crippen molar-refractivity contribution in [3.05, 3.63) is 33.4 Å². The van der Waals surface area contributed by atoms with Crippen molar-refractivity contribution in [3.8, 4) is 5.75 Å². The van der Waals surface area contributed by atoms with Crippen LogP contribution in [0.4, 0.5) is 5.69 Å². The third-order valence-electron chi connectivity index (χ3n) is 2.88. The van der Waals surface area contributed by atoms with E-state index in [9.17, 15) is 15.2 Å². The minimum Gasteiger partial charge on any atom is -0.484 e. The Labute approximate surface area is 124 Å². The van der Waals surface area contributed by atoms with Gasteiger partial charge in [-0.15, -0.1) is 0 Å². The predicted molar refractivity (Wildman–Crippen MR) is 78.8 cm³/mol. The molecule has 1 aromatic rings. The molecular weight excluding hydrogens is 276 g/mol. The van der Waals surface area contributed by atoms with Crippen LogP contribution < -0.4 is 10.1 Å². The van der Waals surface area contributed by atoms with Gasteiger partial charge in [0.05, 0.1) is 11.5 Å². The first-order valence-corrected chi connectivity index (χ1v) is 6.71. The van der Waals surface area contributed by atoms with Gasteiger partial charge in [-0.05, 0) is 25.0 Å². The Balaban J connectivity index is 2.60. The van der Waals surface area contributed by atoms with Gasteiger partial charge in [-0.1, -0.05) is 6.07 Å². The van der Waals surface area contributed by atoms with E-state index in [2.05, 4.69) is 5.32 Å². The lowest BCUT2D eigenvalue weighted by Gasteiger charge is -2.15. The van der Waals surface area contributed by atoms with E-state index in [4.69, 9.17) is 9.47 Å². The van der Waals surface area contributed by atoms with E-state index in [0.29, 0.717) is 25.3 Å². The number of nitrogens with zero attached hydrogens (tertiary/aromatic N) is 1. The van der Waals surface area contributed by atoms with Gasteiger partial charge in [0, 0.05) is 26.3 Å². The molecule has 0 aliphatic rings. The fourth-order valence-electron chi connectivity index (χ4n) is 1.94. The zero-order valence-corrected chi connectivity index (χ0v) is 12.6. The Morgan fingerprint density at radius 3 is 2.76 bits per heavy atom. The van der Waals surface area contributed by atoms with Crippen molar-refractivity contribution in [2.45, 2.75) is 20.0 Å². The van der Waals surface area contributed by atoms with E-state index in [1.165, 1.54) is 6.07 Å². The number of nitrogens with one attached hydrogen (secondary N) is 1. The zero-order chi connectivity index (χ0) is 15.8. The third-order valence-corrected chi connectivity index (χ3v) is 2.88. The van der Waals surface area contributed by atoms with E-state index < -0.39 is 11.0 Å². The summed E-state index contributed by atoms with van der Waals surface area (Å²) in [5.41, 5.74) is 1.40. The maximum atomic E-state index is 11.1. The molecule has 0 heterocycles. The van der Waals surface area contributed by atoms with Crippen molar-refractivity contribution in [2.75, 3.05) is 33.4 Å². The summed E-state index contributed by atoms with van der Waals surface area (Å²) >= 11 is 0. The van der Waals surface area contributed by atoms with Gasteiger partial charge in [-0.2, -0.15) is 0 Å². The van der Waals surface area contributed by atoms with Crippen LogP contribution in [0.2, 0.25) is 0 Å². The maximum absolute atomic E-state index is 11.1. The molecule has 0 bridgehead atoms. The number of aryl methyl sites for hydroxylation is 2. The first kappa shape index (κ1) is 17.4. The monoisotopic (exact) mass is 298 g/mol. The van der Waals surface area contributed by atoms with Crippen molar-refractivity contribution >= 4 is 5.69 Å². The minimum absolute atomic E-state index is 0.00920. The average molecular weight is 298 g/mol. The number of aliphatic hydroxyl groups is 1. The van der Waals surface area contributed by atoms with Crippen LogP contribution in [0.3, 0.4) is 0 Å². The number of methoxy groups -OCH3 is 1. The summed E-state index contributed by atoms with van der Waals surface area (Å²) < 4.78 is 10.3. The predicted octanol–water partition coefficient (Wildman–Crippen LogP) is 1.19. The highest BCUT2D eigenvalue weighted by molar-refractivity contribution is 5.53. The van der Waals surface area contributed by atoms with Gasteiger partial charge in [0.25, 0.3) is 0 Å². The number of ether oxygens (including phenoxy) is 2. The Morgan fingerprint density at radius 2 is 2.14 bits per heavy atom. The molecule has 0 radical (unpaired) electrons. The second-order valence-corrected chi connectivity index (χ2v) is 4.85. The van der Waals surface area contributed by atoms with Crippen LogP contribution in [0.15, 0.2) is 12.1 Å². The molecule has 2 N–H and O–H groups in total. The number of aliphatic hydroxyl groups excluding tert-OH is 1. The second kappa shape index (κ2) is 8.56. The molecule has 1 atom stereocenters. The number of hydrogen-bond donors (Lipinski definition) is 2. The van der Waals surface area contributed by atoms with Crippen LogP contribution in [0.5, 0.6) is 5.75 Å². The highest BCUT2D eigenvalue weighted by Crippen LogP contribution is 2.32. The SMILES string of the molecule is COCCNCC(O)COc1c(C)cc(C)cc1[N+](=O)[O-]. The largest absolute Gasteiger partial charge is 0.484 e. The van der Waals surface area contributed by atoms with Gasteiger partial charge in [0.15, 0.2) is 5.75 Å². The first-order valence-electron chi connectivity index (χ1n) is 6.71. The van der Waals surface area contributed by atoms with Crippen molar-refractivity contribution in [1.82, 2.24) is 5.32 Å². The average Bonchev–Trinajstić information content (AvgIpc) is 2.41. The number of nitro groups is 1. The Morgan fingerprint density at radius 1 is 1.43 bits per heavy atom. The maximum Gasteiger partial charge on any atom is 0.311 e.